The summed E-state index contributed by atoms with van der Waals surface area (Å²) in [6.45, 7) is 2.51. The number of amides is 1. The summed E-state index contributed by atoms with van der Waals surface area (Å²) in [5.41, 5.74) is -3.64. The van der Waals surface area contributed by atoms with Gasteiger partial charge < -0.3 is 10.1 Å². The van der Waals surface area contributed by atoms with E-state index in [0.717, 1.165) is 12.8 Å². The van der Waals surface area contributed by atoms with Crippen LogP contribution < -0.4 is 10.1 Å². The van der Waals surface area contributed by atoms with Crippen molar-refractivity contribution in [1.82, 2.24) is 0 Å². The molecule has 1 amide bonds. The van der Waals surface area contributed by atoms with Crippen molar-refractivity contribution in [2.75, 3.05) is 11.9 Å². The molecule has 0 saturated heterocycles. The Kier molecular flexibility index (Phi) is 6.58. The second-order valence-corrected chi connectivity index (χ2v) is 5.98. The molecule has 0 unspecified atom stereocenters. The summed E-state index contributed by atoms with van der Waals surface area (Å²) in [5.74, 6) is -0.555. The molecule has 0 saturated carbocycles. The number of ether oxygens (including phenoxy) is 1. The number of carbonyl (C=O) groups excluding carboxylic acids is 1. The highest BCUT2D eigenvalue weighted by Crippen LogP contribution is 2.36. The van der Waals surface area contributed by atoms with Crippen molar-refractivity contribution in [3.8, 4) is 5.75 Å². The molecule has 2 rings (SSSR count). The van der Waals surface area contributed by atoms with E-state index in [1.807, 2.05) is 6.92 Å². The molecule has 0 fully saturated rings. The first-order valence-corrected chi connectivity index (χ1v) is 8.34. The Balaban J connectivity index is 2.21. The van der Waals surface area contributed by atoms with Crippen molar-refractivity contribution in [3.05, 3.63) is 59.2 Å². The van der Waals surface area contributed by atoms with E-state index in [2.05, 4.69) is 5.32 Å². The number of rotatable bonds is 6. The first-order valence-electron chi connectivity index (χ1n) is 8.34. The number of unbranched alkanes of at least 4 members (excludes halogenated alkanes) is 1. The number of halogens is 6. The van der Waals surface area contributed by atoms with Crippen LogP contribution in [0.25, 0.3) is 0 Å². The van der Waals surface area contributed by atoms with Crippen molar-refractivity contribution < 1.29 is 35.9 Å². The van der Waals surface area contributed by atoms with Crippen LogP contribution in [0.15, 0.2) is 42.5 Å². The Morgan fingerprint density at radius 1 is 0.929 bits per heavy atom. The Bertz CT molecular complexity index is 780. The lowest BCUT2D eigenvalue weighted by molar-refractivity contribution is -0.143. The quantitative estimate of drug-likeness (QED) is 0.462. The van der Waals surface area contributed by atoms with E-state index in [-0.39, 0.29) is 11.8 Å². The van der Waals surface area contributed by atoms with Crippen LogP contribution in [0.3, 0.4) is 0 Å². The van der Waals surface area contributed by atoms with Gasteiger partial charge in [0.15, 0.2) is 0 Å². The topological polar surface area (TPSA) is 38.3 Å². The third-order valence-corrected chi connectivity index (χ3v) is 3.73. The third-order valence-electron chi connectivity index (χ3n) is 3.73. The zero-order valence-electron chi connectivity index (χ0n) is 14.7. The number of hydrogen-bond acceptors (Lipinski definition) is 2. The van der Waals surface area contributed by atoms with Crippen LogP contribution in [-0.2, 0) is 12.4 Å². The minimum atomic E-state index is -5.02. The molecule has 9 heteroatoms. The average Bonchev–Trinajstić information content (AvgIpc) is 2.61. The molecule has 0 bridgehead atoms. The fourth-order valence-electron chi connectivity index (χ4n) is 2.26. The van der Waals surface area contributed by atoms with Gasteiger partial charge in [0.1, 0.15) is 5.75 Å². The van der Waals surface area contributed by atoms with Gasteiger partial charge in [-0.25, -0.2) is 0 Å². The number of alkyl halides is 6. The van der Waals surface area contributed by atoms with Crippen LogP contribution in [0.5, 0.6) is 5.75 Å². The molecule has 0 radical (unpaired) electrons. The number of carbonyl (C=O) groups is 1. The van der Waals surface area contributed by atoms with E-state index in [0.29, 0.717) is 24.5 Å². The molecule has 0 aliphatic rings. The van der Waals surface area contributed by atoms with Gasteiger partial charge in [0, 0.05) is 11.3 Å². The molecule has 0 heterocycles. The fraction of sp³-hybridized carbons (Fsp3) is 0.316. The standard InChI is InChI=1S/C19H17F6NO2/c1-2-3-8-28-16-6-4-15(5-7-16)26-17(27)12-9-13(18(20,21)22)11-14(10-12)19(23,24)25/h4-7,9-11H,2-3,8H2,1H3,(H,26,27). The molecular weight excluding hydrogens is 388 g/mol. The fourth-order valence-corrected chi connectivity index (χ4v) is 2.26. The van der Waals surface area contributed by atoms with Crippen molar-refractivity contribution >= 4 is 11.6 Å². The van der Waals surface area contributed by atoms with Gasteiger partial charge in [-0.2, -0.15) is 26.3 Å². The monoisotopic (exact) mass is 405 g/mol. The number of benzene rings is 2. The van der Waals surface area contributed by atoms with E-state index in [1.165, 1.54) is 12.1 Å². The molecule has 3 nitrogen and oxygen atoms in total. The maximum Gasteiger partial charge on any atom is 0.416 e. The number of nitrogens with one attached hydrogen (secondary N) is 1. The van der Waals surface area contributed by atoms with Gasteiger partial charge in [0.05, 0.1) is 17.7 Å². The first kappa shape index (κ1) is 21.6. The van der Waals surface area contributed by atoms with Gasteiger partial charge in [0.2, 0.25) is 0 Å². The Labute approximate surface area is 157 Å². The lowest BCUT2D eigenvalue weighted by Gasteiger charge is -2.14. The zero-order chi connectivity index (χ0) is 20.9. The van der Waals surface area contributed by atoms with Crippen LogP contribution in [-0.4, -0.2) is 12.5 Å². The first-order chi connectivity index (χ1) is 13.0. The van der Waals surface area contributed by atoms with Crippen LogP contribution >= 0.6 is 0 Å². The van der Waals surface area contributed by atoms with Crippen LogP contribution in [0.4, 0.5) is 32.0 Å². The Morgan fingerprint density at radius 2 is 1.46 bits per heavy atom. The van der Waals surface area contributed by atoms with Gasteiger partial charge in [-0.3, -0.25) is 4.79 Å². The minimum Gasteiger partial charge on any atom is -0.494 e. The molecule has 0 aliphatic heterocycles. The normalized spacial score (nSPS) is 12.0. The van der Waals surface area contributed by atoms with Crippen molar-refractivity contribution in [1.29, 1.82) is 0 Å². The predicted octanol–water partition coefficient (Wildman–Crippen LogP) is 6.16. The van der Waals surface area contributed by atoms with E-state index in [1.54, 1.807) is 12.1 Å². The summed E-state index contributed by atoms with van der Waals surface area (Å²) in [6, 6.07) is 6.70. The summed E-state index contributed by atoms with van der Waals surface area (Å²) in [7, 11) is 0. The van der Waals surface area contributed by atoms with Crippen LogP contribution in [0, 0.1) is 0 Å². The molecule has 0 atom stereocenters. The van der Waals surface area contributed by atoms with E-state index in [9.17, 15) is 31.1 Å². The maximum absolute atomic E-state index is 12.9. The zero-order valence-corrected chi connectivity index (χ0v) is 14.7. The van der Waals surface area contributed by atoms with Gasteiger partial charge in [0.25, 0.3) is 5.91 Å². The summed E-state index contributed by atoms with van der Waals surface area (Å²) in [4.78, 5) is 12.2. The molecule has 0 spiro atoms. The molecule has 1 N–H and O–H groups in total. The summed E-state index contributed by atoms with van der Waals surface area (Å²) in [6.07, 6.45) is -8.23. The summed E-state index contributed by atoms with van der Waals surface area (Å²) >= 11 is 0. The van der Waals surface area contributed by atoms with Gasteiger partial charge in [-0.1, -0.05) is 13.3 Å². The molecule has 2 aromatic rings. The van der Waals surface area contributed by atoms with E-state index in [4.69, 9.17) is 4.74 Å². The highest BCUT2D eigenvalue weighted by Gasteiger charge is 2.37. The summed E-state index contributed by atoms with van der Waals surface area (Å²) in [5, 5.41) is 2.28. The predicted molar refractivity (Wildman–Crippen MR) is 91.2 cm³/mol. The van der Waals surface area contributed by atoms with Crippen molar-refractivity contribution in [2.24, 2.45) is 0 Å². The highest BCUT2D eigenvalue weighted by molar-refractivity contribution is 6.04. The summed E-state index contributed by atoms with van der Waals surface area (Å²) < 4.78 is 82.7. The van der Waals surface area contributed by atoms with Gasteiger partial charge >= 0.3 is 12.4 Å². The molecule has 152 valence electrons. The molecule has 0 aromatic heterocycles. The van der Waals surface area contributed by atoms with Gasteiger partial charge in [-0.05, 0) is 48.9 Å². The maximum atomic E-state index is 12.9. The number of hydrogen-bond donors (Lipinski definition) is 1. The molecule has 2 aromatic carbocycles. The van der Waals surface area contributed by atoms with Crippen LogP contribution in [0.1, 0.15) is 41.3 Å². The molecule has 28 heavy (non-hydrogen) atoms. The van der Waals surface area contributed by atoms with E-state index < -0.39 is 35.0 Å². The van der Waals surface area contributed by atoms with E-state index >= 15 is 0 Å². The van der Waals surface area contributed by atoms with Crippen molar-refractivity contribution in [2.45, 2.75) is 32.1 Å². The second kappa shape index (κ2) is 8.53. The lowest BCUT2D eigenvalue weighted by Crippen LogP contribution is -2.17. The largest absolute Gasteiger partial charge is 0.494 e. The highest BCUT2D eigenvalue weighted by atomic mass is 19.4. The minimum absolute atomic E-state index is 0.0286. The SMILES string of the molecule is CCCCOc1ccc(NC(=O)c2cc(C(F)(F)F)cc(C(F)(F)F)c2)cc1. The van der Waals surface area contributed by atoms with Crippen LogP contribution in [0.2, 0.25) is 0 Å². The Morgan fingerprint density at radius 3 is 1.93 bits per heavy atom. The lowest BCUT2D eigenvalue weighted by atomic mass is 10.0. The molecular formula is C19H17F6NO2. The molecule has 0 aliphatic carbocycles. The second-order valence-electron chi connectivity index (χ2n) is 5.98. The van der Waals surface area contributed by atoms with Gasteiger partial charge in [-0.15, -0.1) is 0 Å². The average molecular weight is 405 g/mol. The Hall–Kier alpha value is -2.71. The van der Waals surface area contributed by atoms with Crippen molar-refractivity contribution in [3.63, 3.8) is 0 Å². The third kappa shape index (κ3) is 5.90. The smallest absolute Gasteiger partial charge is 0.416 e. The number of anilines is 1.